The molecule has 3 aliphatic rings. The van der Waals surface area contributed by atoms with Crippen LogP contribution in [0.2, 0.25) is 0 Å². The number of benzene rings is 1. The van der Waals surface area contributed by atoms with Gasteiger partial charge in [0.1, 0.15) is 5.37 Å². The molecule has 1 radical (unpaired) electrons. The monoisotopic (exact) mass is 204 g/mol. The van der Waals surface area contributed by atoms with Gasteiger partial charge < -0.3 is 0 Å². The van der Waals surface area contributed by atoms with Crippen LogP contribution in [0.3, 0.4) is 0 Å². The van der Waals surface area contributed by atoms with Crippen LogP contribution >= 0.6 is 11.8 Å². The summed E-state index contributed by atoms with van der Waals surface area (Å²) in [4.78, 5) is 1.18. The summed E-state index contributed by atoms with van der Waals surface area (Å²) in [6.07, 6.45) is 4.60. The van der Waals surface area contributed by atoms with Crippen LogP contribution < -0.4 is 5.06 Å². The van der Waals surface area contributed by atoms with Crippen LogP contribution in [0.4, 0.5) is 5.69 Å². The third kappa shape index (κ3) is 0.708. The van der Waals surface area contributed by atoms with E-state index in [-0.39, 0.29) is 5.37 Å². The van der Waals surface area contributed by atoms with E-state index in [2.05, 4.69) is 6.07 Å². The molecule has 0 spiro atoms. The molecule has 4 rings (SSSR count). The molecule has 14 heavy (non-hydrogen) atoms. The first-order chi connectivity index (χ1) is 6.84. The maximum absolute atomic E-state index is 9.91. The van der Waals surface area contributed by atoms with Crippen molar-refractivity contribution in [2.45, 2.75) is 36.0 Å². The second-order valence-corrected chi connectivity index (χ2v) is 5.38. The predicted octanol–water partition coefficient (Wildman–Crippen LogP) is 2.16. The third-order valence-electron chi connectivity index (χ3n) is 3.52. The molecule has 2 heterocycles. The Labute approximate surface area is 86.9 Å². The first-order valence-electron chi connectivity index (χ1n) is 5.09. The maximum atomic E-state index is 9.91. The number of hydrogen-bond donors (Lipinski definition) is 1. The molecule has 1 aromatic rings. The molecule has 1 N–H and O–H groups in total. The lowest BCUT2D eigenvalue weighted by Crippen LogP contribution is -2.31. The first-order valence-corrected chi connectivity index (χ1v) is 5.97. The van der Waals surface area contributed by atoms with Crippen LogP contribution in [-0.2, 0) is 19.3 Å². The average Bonchev–Trinajstić information content (AvgIpc) is 2.35. The molecule has 1 aliphatic carbocycles. The van der Waals surface area contributed by atoms with Gasteiger partial charge in [-0.25, -0.2) is 5.06 Å². The Morgan fingerprint density at radius 3 is 3.00 bits per heavy atom. The molecule has 0 amide bonds. The zero-order valence-electron chi connectivity index (χ0n) is 7.71. The van der Waals surface area contributed by atoms with Gasteiger partial charge in [0.05, 0.1) is 5.69 Å². The summed E-state index contributed by atoms with van der Waals surface area (Å²) in [5.41, 5.74) is 5.36. The highest BCUT2D eigenvalue weighted by Gasteiger charge is 2.39. The van der Waals surface area contributed by atoms with E-state index in [4.69, 9.17) is 0 Å². The molecular formula is C11H10NOS. The standard InChI is InChI=1S/C11H10NOS/c13-12-10-4-3-8-7-2-1-6(7)5-9(14-10)11(8)12/h10,13H,1-4H2. The molecular weight excluding hydrogens is 194 g/mol. The van der Waals surface area contributed by atoms with Crippen molar-refractivity contribution in [3.8, 4) is 0 Å². The number of thioether (sulfide) groups is 1. The van der Waals surface area contributed by atoms with Crippen molar-refractivity contribution in [3.63, 3.8) is 0 Å². The van der Waals surface area contributed by atoms with Crippen molar-refractivity contribution >= 4 is 17.4 Å². The Balaban J connectivity index is 2.08. The molecule has 2 bridgehead atoms. The molecule has 0 fully saturated rings. The minimum absolute atomic E-state index is 0.259. The normalized spacial score (nSPS) is 26.1. The van der Waals surface area contributed by atoms with Gasteiger partial charge in [-0.15, -0.1) is 0 Å². The van der Waals surface area contributed by atoms with Gasteiger partial charge in [-0.2, -0.15) is 0 Å². The Morgan fingerprint density at radius 1 is 1.29 bits per heavy atom. The third-order valence-corrected chi connectivity index (χ3v) is 4.75. The summed E-state index contributed by atoms with van der Waals surface area (Å²) in [7, 11) is 0. The highest BCUT2D eigenvalue weighted by atomic mass is 32.2. The summed E-state index contributed by atoms with van der Waals surface area (Å²) in [6, 6.07) is 3.45. The summed E-state index contributed by atoms with van der Waals surface area (Å²) < 4.78 is 0. The highest BCUT2D eigenvalue weighted by Crippen LogP contribution is 2.52. The molecule has 0 saturated carbocycles. The molecule has 1 aromatic carbocycles. The second kappa shape index (κ2) is 2.28. The predicted molar refractivity (Wildman–Crippen MR) is 54.9 cm³/mol. The molecule has 0 saturated heterocycles. The van der Waals surface area contributed by atoms with Crippen LogP contribution in [0.1, 0.15) is 23.1 Å². The van der Waals surface area contributed by atoms with Crippen molar-refractivity contribution < 1.29 is 5.21 Å². The Hall–Kier alpha value is -0.670. The lowest BCUT2D eigenvalue weighted by atomic mass is 9.81. The smallest absolute Gasteiger partial charge is 0.106 e. The number of hydroxylamine groups is 1. The highest BCUT2D eigenvalue weighted by molar-refractivity contribution is 8.00. The largest absolute Gasteiger partial charge is 0.287 e. The molecule has 1 unspecified atom stereocenters. The van der Waals surface area contributed by atoms with Crippen LogP contribution in [0, 0.1) is 6.07 Å². The van der Waals surface area contributed by atoms with Gasteiger partial charge in [-0.3, -0.25) is 5.21 Å². The SMILES string of the molecule is ON1c2c3[c]c4c(c2CCC1S3)CC4. The van der Waals surface area contributed by atoms with E-state index in [1.165, 1.54) is 39.5 Å². The first kappa shape index (κ1) is 7.60. The summed E-state index contributed by atoms with van der Waals surface area (Å²) in [5.74, 6) is 0. The Bertz CT molecular complexity index is 443. The van der Waals surface area contributed by atoms with Crippen LogP contribution in [-0.4, -0.2) is 10.6 Å². The van der Waals surface area contributed by atoms with E-state index in [0.717, 1.165) is 18.5 Å². The number of hydrogen-bond acceptors (Lipinski definition) is 3. The second-order valence-electron chi connectivity index (χ2n) is 4.19. The summed E-state index contributed by atoms with van der Waals surface area (Å²) in [5, 5.41) is 11.6. The fraction of sp³-hybridized carbons (Fsp3) is 0.455. The van der Waals surface area contributed by atoms with Gasteiger partial charge >= 0.3 is 0 Å². The Morgan fingerprint density at radius 2 is 2.21 bits per heavy atom. The number of nitrogens with zero attached hydrogens (tertiary/aromatic N) is 1. The maximum Gasteiger partial charge on any atom is 0.106 e. The number of aryl methyl sites for hydroxylation is 1. The topological polar surface area (TPSA) is 23.5 Å². The number of fused-ring (bicyclic) bond motifs is 3. The zero-order valence-corrected chi connectivity index (χ0v) is 8.52. The molecule has 0 aromatic heterocycles. The lowest BCUT2D eigenvalue weighted by Gasteiger charge is -2.31. The van der Waals surface area contributed by atoms with Crippen molar-refractivity contribution in [1.82, 2.24) is 0 Å². The number of anilines is 1. The van der Waals surface area contributed by atoms with Crippen molar-refractivity contribution in [1.29, 1.82) is 0 Å². The molecule has 71 valence electrons. The minimum Gasteiger partial charge on any atom is -0.287 e. The van der Waals surface area contributed by atoms with Crippen molar-refractivity contribution in [2.24, 2.45) is 0 Å². The minimum atomic E-state index is 0.259. The molecule has 1 atom stereocenters. The van der Waals surface area contributed by atoms with Crippen LogP contribution in [0.5, 0.6) is 0 Å². The molecule has 2 nitrogen and oxygen atoms in total. The van der Waals surface area contributed by atoms with Crippen LogP contribution in [0.25, 0.3) is 0 Å². The fourth-order valence-electron chi connectivity index (χ4n) is 2.70. The quantitative estimate of drug-likeness (QED) is 0.700. The fourth-order valence-corrected chi connectivity index (χ4v) is 3.92. The zero-order chi connectivity index (χ0) is 9.28. The average molecular weight is 204 g/mol. The summed E-state index contributed by atoms with van der Waals surface area (Å²) >= 11 is 1.77. The van der Waals surface area contributed by atoms with Gasteiger partial charge in [0.25, 0.3) is 0 Å². The van der Waals surface area contributed by atoms with Crippen molar-refractivity contribution in [3.05, 3.63) is 22.8 Å². The van der Waals surface area contributed by atoms with E-state index in [9.17, 15) is 5.21 Å². The van der Waals surface area contributed by atoms with Gasteiger partial charge in [-0.1, -0.05) is 11.8 Å². The van der Waals surface area contributed by atoms with E-state index >= 15 is 0 Å². The van der Waals surface area contributed by atoms with E-state index < -0.39 is 0 Å². The van der Waals surface area contributed by atoms with Crippen LogP contribution in [0.15, 0.2) is 4.90 Å². The lowest BCUT2D eigenvalue weighted by molar-refractivity contribution is 0.236. The van der Waals surface area contributed by atoms with Gasteiger partial charge in [0.2, 0.25) is 0 Å². The van der Waals surface area contributed by atoms with Gasteiger partial charge in [0.15, 0.2) is 0 Å². The van der Waals surface area contributed by atoms with Gasteiger partial charge in [-0.05, 0) is 42.4 Å². The van der Waals surface area contributed by atoms with E-state index in [1.807, 2.05) is 0 Å². The van der Waals surface area contributed by atoms with Gasteiger partial charge in [0, 0.05) is 11.0 Å². The molecule has 3 heteroatoms. The van der Waals surface area contributed by atoms with E-state index in [0.29, 0.717) is 0 Å². The summed E-state index contributed by atoms with van der Waals surface area (Å²) in [6.45, 7) is 0. The molecule has 2 aliphatic heterocycles. The van der Waals surface area contributed by atoms with E-state index in [1.54, 1.807) is 11.8 Å². The Kier molecular flexibility index (Phi) is 1.24. The van der Waals surface area contributed by atoms with Crippen molar-refractivity contribution in [2.75, 3.05) is 5.06 Å². The number of rotatable bonds is 0.